The lowest BCUT2D eigenvalue weighted by atomic mass is 9.93. The maximum Gasteiger partial charge on any atom is 0.0540 e. The lowest BCUT2D eigenvalue weighted by Crippen LogP contribution is -2.10. The standard InChI is InChI=1S/C48H33N/c1-3-13-34(14-4-1)35-23-27-39(28-24-35)49(48-32-31-42(36-15-5-2-6-16-36)44-20-11-12-22-46(44)48)40-29-25-37(26-30-40)47-33-38-17-7-8-18-41(38)43-19-9-10-21-45(43)47/h1-33H. The van der Waals surface area contributed by atoms with Crippen molar-refractivity contribution in [1.82, 2.24) is 0 Å². The van der Waals surface area contributed by atoms with Gasteiger partial charge >= 0.3 is 0 Å². The van der Waals surface area contributed by atoms with Gasteiger partial charge in [0.05, 0.1) is 5.69 Å². The van der Waals surface area contributed by atoms with Gasteiger partial charge in [-0.3, -0.25) is 0 Å². The number of hydrogen-bond donors (Lipinski definition) is 0. The fourth-order valence-corrected chi connectivity index (χ4v) is 7.29. The average molecular weight is 624 g/mol. The molecule has 230 valence electrons. The van der Waals surface area contributed by atoms with Crippen LogP contribution in [-0.4, -0.2) is 0 Å². The smallest absolute Gasteiger partial charge is 0.0540 e. The largest absolute Gasteiger partial charge is 0.310 e. The minimum Gasteiger partial charge on any atom is -0.310 e. The summed E-state index contributed by atoms with van der Waals surface area (Å²) >= 11 is 0. The zero-order valence-electron chi connectivity index (χ0n) is 27.0. The first-order valence-electron chi connectivity index (χ1n) is 16.9. The Balaban J connectivity index is 1.20. The zero-order valence-corrected chi connectivity index (χ0v) is 27.0. The van der Waals surface area contributed by atoms with Crippen LogP contribution in [0.5, 0.6) is 0 Å². The van der Waals surface area contributed by atoms with Gasteiger partial charge in [0.15, 0.2) is 0 Å². The van der Waals surface area contributed by atoms with E-state index >= 15 is 0 Å². The van der Waals surface area contributed by atoms with Crippen LogP contribution in [-0.2, 0) is 0 Å². The predicted octanol–water partition coefficient (Wildman–Crippen LogP) is 13.6. The minimum absolute atomic E-state index is 1.11. The van der Waals surface area contributed by atoms with E-state index in [0.717, 1.165) is 17.1 Å². The Morgan fingerprint density at radius 3 is 1.37 bits per heavy atom. The molecule has 0 saturated carbocycles. The molecule has 0 N–H and O–H groups in total. The van der Waals surface area contributed by atoms with Crippen LogP contribution in [0.1, 0.15) is 0 Å². The summed E-state index contributed by atoms with van der Waals surface area (Å²) in [6, 6.07) is 72.4. The third-order valence-corrected chi connectivity index (χ3v) is 9.66. The molecule has 0 bridgehead atoms. The first-order valence-corrected chi connectivity index (χ1v) is 16.9. The predicted molar refractivity (Wildman–Crippen MR) is 210 cm³/mol. The molecule has 0 atom stereocenters. The number of fused-ring (bicyclic) bond motifs is 4. The van der Waals surface area contributed by atoms with Gasteiger partial charge in [-0.2, -0.15) is 0 Å². The molecule has 0 spiro atoms. The van der Waals surface area contributed by atoms with Crippen LogP contribution in [0.25, 0.3) is 65.7 Å². The summed E-state index contributed by atoms with van der Waals surface area (Å²) in [5.41, 5.74) is 10.7. The molecule has 0 saturated heterocycles. The lowest BCUT2D eigenvalue weighted by Gasteiger charge is -2.28. The van der Waals surface area contributed by atoms with Crippen LogP contribution < -0.4 is 4.90 Å². The van der Waals surface area contributed by atoms with Crippen molar-refractivity contribution in [2.24, 2.45) is 0 Å². The number of hydrogen-bond acceptors (Lipinski definition) is 1. The molecule has 0 amide bonds. The topological polar surface area (TPSA) is 3.24 Å². The van der Waals surface area contributed by atoms with E-state index in [0.29, 0.717) is 0 Å². The van der Waals surface area contributed by atoms with Crippen molar-refractivity contribution in [2.45, 2.75) is 0 Å². The van der Waals surface area contributed by atoms with Gasteiger partial charge in [0, 0.05) is 16.8 Å². The summed E-state index contributed by atoms with van der Waals surface area (Å²) in [6.45, 7) is 0. The molecule has 0 aliphatic rings. The van der Waals surface area contributed by atoms with Gasteiger partial charge in [-0.15, -0.1) is 0 Å². The van der Waals surface area contributed by atoms with Crippen LogP contribution in [0.2, 0.25) is 0 Å². The second-order valence-corrected chi connectivity index (χ2v) is 12.5. The number of anilines is 3. The van der Waals surface area contributed by atoms with Gasteiger partial charge < -0.3 is 4.90 Å². The number of nitrogens with zero attached hydrogens (tertiary/aromatic N) is 1. The van der Waals surface area contributed by atoms with Gasteiger partial charge in [0.25, 0.3) is 0 Å². The normalized spacial score (nSPS) is 11.3. The Morgan fingerprint density at radius 1 is 0.265 bits per heavy atom. The van der Waals surface area contributed by atoms with E-state index in [4.69, 9.17) is 0 Å². The molecule has 0 heterocycles. The first kappa shape index (κ1) is 28.8. The fraction of sp³-hybridized carbons (Fsp3) is 0. The lowest BCUT2D eigenvalue weighted by molar-refractivity contribution is 1.30. The molecule has 0 aromatic heterocycles. The highest BCUT2D eigenvalue weighted by molar-refractivity contribution is 6.14. The van der Waals surface area contributed by atoms with E-state index in [9.17, 15) is 0 Å². The molecule has 1 nitrogen and oxygen atoms in total. The molecule has 0 radical (unpaired) electrons. The average Bonchev–Trinajstić information content (AvgIpc) is 3.19. The van der Waals surface area contributed by atoms with Crippen LogP contribution >= 0.6 is 0 Å². The van der Waals surface area contributed by atoms with Crippen molar-refractivity contribution in [2.75, 3.05) is 4.90 Å². The van der Waals surface area contributed by atoms with E-state index in [2.05, 4.69) is 205 Å². The molecule has 49 heavy (non-hydrogen) atoms. The van der Waals surface area contributed by atoms with Crippen molar-refractivity contribution >= 4 is 49.4 Å². The summed E-state index contributed by atoms with van der Waals surface area (Å²) in [4.78, 5) is 2.40. The van der Waals surface area contributed by atoms with Crippen LogP contribution in [0.15, 0.2) is 200 Å². The Hall–Kier alpha value is -6.44. The monoisotopic (exact) mass is 623 g/mol. The van der Waals surface area contributed by atoms with Gasteiger partial charge in [0.2, 0.25) is 0 Å². The second kappa shape index (κ2) is 12.3. The van der Waals surface area contributed by atoms with Crippen molar-refractivity contribution in [1.29, 1.82) is 0 Å². The molecular formula is C48H33N. The maximum absolute atomic E-state index is 2.40. The van der Waals surface area contributed by atoms with Gasteiger partial charge in [-0.25, -0.2) is 0 Å². The highest BCUT2D eigenvalue weighted by Crippen LogP contribution is 2.43. The van der Waals surface area contributed by atoms with Crippen molar-refractivity contribution in [3.8, 4) is 33.4 Å². The Labute approximate surface area is 287 Å². The third-order valence-electron chi connectivity index (χ3n) is 9.66. The molecule has 9 rings (SSSR count). The molecule has 9 aromatic carbocycles. The van der Waals surface area contributed by atoms with Gasteiger partial charge in [-0.1, -0.05) is 164 Å². The van der Waals surface area contributed by atoms with E-state index in [-0.39, 0.29) is 0 Å². The third kappa shape index (κ3) is 5.23. The number of rotatable bonds is 6. The van der Waals surface area contributed by atoms with Gasteiger partial charge in [0.1, 0.15) is 0 Å². The highest BCUT2D eigenvalue weighted by atomic mass is 15.1. The first-order chi connectivity index (χ1) is 24.3. The molecule has 1 heteroatoms. The zero-order chi connectivity index (χ0) is 32.6. The molecular weight excluding hydrogens is 591 g/mol. The number of benzene rings is 9. The van der Waals surface area contributed by atoms with Crippen molar-refractivity contribution in [3.05, 3.63) is 200 Å². The second-order valence-electron chi connectivity index (χ2n) is 12.5. The summed E-state index contributed by atoms with van der Waals surface area (Å²) in [6.07, 6.45) is 0. The van der Waals surface area contributed by atoms with E-state index in [1.54, 1.807) is 0 Å². The summed E-state index contributed by atoms with van der Waals surface area (Å²) in [7, 11) is 0. The van der Waals surface area contributed by atoms with Crippen LogP contribution in [0.3, 0.4) is 0 Å². The molecule has 0 aliphatic carbocycles. The Morgan fingerprint density at radius 2 is 0.714 bits per heavy atom. The van der Waals surface area contributed by atoms with E-state index in [1.807, 2.05) is 0 Å². The molecule has 9 aromatic rings. The highest BCUT2D eigenvalue weighted by Gasteiger charge is 2.18. The summed E-state index contributed by atoms with van der Waals surface area (Å²) in [5, 5.41) is 7.53. The van der Waals surface area contributed by atoms with Crippen molar-refractivity contribution < 1.29 is 0 Å². The quantitative estimate of drug-likeness (QED) is 0.167. The van der Waals surface area contributed by atoms with Crippen LogP contribution in [0, 0.1) is 0 Å². The summed E-state index contributed by atoms with van der Waals surface area (Å²) < 4.78 is 0. The van der Waals surface area contributed by atoms with Gasteiger partial charge in [-0.05, 0) is 96.7 Å². The molecule has 0 unspecified atom stereocenters. The Kier molecular flexibility index (Phi) is 7.22. The van der Waals surface area contributed by atoms with E-state index in [1.165, 1.54) is 65.7 Å². The minimum atomic E-state index is 1.11. The maximum atomic E-state index is 2.40. The van der Waals surface area contributed by atoms with E-state index < -0.39 is 0 Å². The SMILES string of the molecule is c1ccc(-c2ccc(N(c3ccc(-c4cc5ccccc5c5ccccc45)cc3)c3ccc(-c4ccccc4)c4ccccc34)cc2)cc1. The summed E-state index contributed by atoms with van der Waals surface area (Å²) in [5.74, 6) is 0. The Bertz CT molecular complexity index is 2570. The van der Waals surface area contributed by atoms with Crippen LogP contribution in [0.4, 0.5) is 17.1 Å². The molecule has 0 aliphatic heterocycles. The fourth-order valence-electron chi connectivity index (χ4n) is 7.29. The van der Waals surface area contributed by atoms with Crippen molar-refractivity contribution in [3.63, 3.8) is 0 Å². The molecule has 0 fully saturated rings.